The molecule has 1 aliphatic rings. The van der Waals surface area contributed by atoms with Gasteiger partial charge in [0.2, 0.25) is 0 Å². The molecule has 0 amide bonds. The largest absolute Gasteiger partial charge is 0.417 e. The summed E-state index contributed by atoms with van der Waals surface area (Å²) in [6.07, 6.45) is 0.249. The fourth-order valence-electron chi connectivity index (χ4n) is 2.13. The molecule has 1 aromatic carbocycles. The van der Waals surface area contributed by atoms with Crippen LogP contribution in [0.5, 0.6) is 0 Å². The van der Waals surface area contributed by atoms with Crippen LogP contribution in [-0.2, 0) is 6.18 Å². The van der Waals surface area contributed by atoms with E-state index in [1.165, 1.54) is 18.9 Å². The summed E-state index contributed by atoms with van der Waals surface area (Å²) < 4.78 is 38.8. The van der Waals surface area contributed by atoms with Gasteiger partial charge < -0.3 is 11.1 Å². The van der Waals surface area contributed by atoms with E-state index in [1.54, 1.807) is 6.07 Å². The van der Waals surface area contributed by atoms with E-state index in [0.717, 1.165) is 24.8 Å². The summed E-state index contributed by atoms with van der Waals surface area (Å²) in [6.45, 7) is 0.681. The van der Waals surface area contributed by atoms with Crippen LogP contribution in [0.2, 0.25) is 0 Å². The Balaban J connectivity index is 2.03. The predicted octanol–water partition coefficient (Wildman–Crippen LogP) is 3.94. The van der Waals surface area contributed by atoms with Gasteiger partial charge in [0.05, 0.1) is 5.56 Å². The number of rotatable bonds is 6. The molecule has 0 unspecified atom stereocenters. The maximum Gasteiger partial charge on any atom is 0.417 e. The summed E-state index contributed by atoms with van der Waals surface area (Å²) in [7, 11) is 0. The average molecular weight is 302 g/mol. The van der Waals surface area contributed by atoms with Gasteiger partial charge in [-0.25, -0.2) is 0 Å². The number of anilines is 1. The zero-order valence-electron chi connectivity index (χ0n) is 11.0. The van der Waals surface area contributed by atoms with E-state index >= 15 is 0 Å². The minimum atomic E-state index is -4.45. The Kier molecular flexibility index (Phi) is 4.52. The summed E-state index contributed by atoms with van der Waals surface area (Å²) in [5.74, 6) is 0.833. The van der Waals surface area contributed by atoms with Gasteiger partial charge in [0.25, 0.3) is 0 Å². The topological polar surface area (TPSA) is 38.0 Å². The number of nitrogens with two attached hydrogens (primary N) is 1. The lowest BCUT2D eigenvalue weighted by Gasteiger charge is -2.14. The Morgan fingerprint density at radius 2 is 2.05 bits per heavy atom. The van der Waals surface area contributed by atoms with Crippen molar-refractivity contribution in [2.24, 2.45) is 11.7 Å². The van der Waals surface area contributed by atoms with Gasteiger partial charge in [-0.15, -0.1) is 0 Å². The van der Waals surface area contributed by atoms with E-state index in [9.17, 15) is 13.2 Å². The minimum absolute atomic E-state index is 0.129. The van der Waals surface area contributed by atoms with E-state index in [1.807, 2.05) is 0 Å². The third-order valence-corrected chi connectivity index (χ3v) is 3.63. The van der Waals surface area contributed by atoms with Crippen molar-refractivity contribution in [2.45, 2.75) is 31.9 Å². The molecule has 0 aromatic heterocycles. The number of alkyl halides is 3. The standard InChI is InChI=1S/C14H17F3N2S/c15-14(16,17)12-8-10(5-6-11(12)13(18)20)19-7-1-2-9-3-4-9/h5-6,8-9,19H,1-4,7H2,(H2,18,20). The Bertz CT molecular complexity index is 496. The van der Waals surface area contributed by atoms with Crippen molar-refractivity contribution in [3.8, 4) is 0 Å². The molecule has 0 spiro atoms. The number of thiocarbonyl (C=S) groups is 1. The summed E-state index contributed by atoms with van der Waals surface area (Å²) in [5, 5.41) is 3.02. The molecule has 6 heteroatoms. The van der Waals surface area contributed by atoms with Crippen molar-refractivity contribution in [1.29, 1.82) is 0 Å². The van der Waals surface area contributed by atoms with Gasteiger partial charge in [-0.05, 0) is 37.0 Å². The van der Waals surface area contributed by atoms with Gasteiger partial charge in [-0.3, -0.25) is 0 Å². The third kappa shape index (κ3) is 4.10. The molecule has 0 atom stereocenters. The van der Waals surface area contributed by atoms with E-state index in [4.69, 9.17) is 5.73 Å². The molecule has 0 radical (unpaired) electrons. The van der Waals surface area contributed by atoms with E-state index in [0.29, 0.717) is 12.2 Å². The zero-order chi connectivity index (χ0) is 14.8. The van der Waals surface area contributed by atoms with Crippen LogP contribution in [0.3, 0.4) is 0 Å². The number of benzene rings is 1. The van der Waals surface area contributed by atoms with Crippen LogP contribution in [-0.4, -0.2) is 11.5 Å². The van der Waals surface area contributed by atoms with Crippen molar-refractivity contribution in [3.05, 3.63) is 29.3 Å². The number of hydrogen-bond donors (Lipinski definition) is 2. The quantitative estimate of drug-likeness (QED) is 0.617. The molecular weight excluding hydrogens is 285 g/mol. The molecule has 1 aliphatic carbocycles. The van der Waals surface area contributed by atoms with Crippen LogP contribution in [0.1, 0.15) is 36.8 Å². The maximum absolute atomic E-state index is 12.9. The van der Waals surface area contributed by atoms with Crippen LogP contribution < -0.4 is 11.1 Å². The van der Waals surface area contributed by atoms with Crippen molar-refractivity contribution < 1.29 is 13.2 Å². The van der Waals surface area contributed by atoms with Crippen molar-refractivity contribution in [1.82, 2.24) is 0 Å². The van der Waals surface area contributed by atoms with Gasteiger partial charge in [-0.2, -0.15) is 13.2 Å². The first-order chi connectivity index (χ1) is 9.38. The molecule has 3 N–H and O–H groups in total. The summed E-state index contributed by atoms with van der Waals surface area (Å²) >= 11 is 4.66. The highest BCUT2D eigenvalue weighted by atomic mass is 32.1. The first kappa shape index (κ1) is 15.1. The van der Waals surface area contributed by atoms with E-state index < -0.39 is 11.7 Å². The van der Waals surface area contributed by atoms with Crippen LogP contribution in [0, 0.1) is 5.92 Å². The van der Waals surface area contributed by atoms with E-state index in [-0.39, 0.29) is 10.6 Å². The molecule has 1 saturated carbocycles. The lowest BCUT2D eigenvalue weighted by molar-refractivity contribution is -0.137. The molecular formula is C14H17F3N2S. The van der Waals surface area contributed by atoms with Crippen LogP contribution in [0.4, 0.5) is 18.9 Å². The molecule has 20 heavy (non-hydrogen) atoms. The molecule has 110 valence electrons. The Labute approximate surface area is 121 Å². The smallest absolute Gasteiger partial charge is 0.389 e. The highest BCUT2D eigenvalue weighted by Gasteiger charge is 2.34. The normalized spacial score (nSPS) is 15.2. The Morgan fingerprint density at radius 3 is 2.60 bits per heavy atom. The molecule has 0 saturated heterocycles. The molecule has 0 bridgehead atoms. The van der Waals surface area contributed by atoms with Crippen molar-refractivity contribution in [3.63, 3.8) is 0 Å². The highest BCUT2D eigenvalue weighted by molar-refractivity contribution is 7.80. The molecule has 0 aliphatic heterocycles. The zero-order valence-corrected chi connectivity index (χ0v) is 11.8. The van der Waals surface area contributed by atoms with E-state index in [2.05, 4.69) is 17.5 Å². The van der Waals surface area contributed by atoms with Gasteiger partial charge in [0.1, 0.15) is 4.99 Å². The Hall–Kier alpha value is -1.30. The molecule has 2 rings (SSSR count). The number of nitrogens with one attached hydrogen (secondary N) is 1. The molecule has 1 fully saturated rings. The molecule has 0 heterocycles. The lowest BCUT2D eigenvalue weighted by Crippen LogP contribution is -2.18. The van der Waals surface area contributed by atoms with Crippen molar-refractivity contribution >= 4 is 22.9 Å². The number of halogens is 3. The predicted molar refractivity (Wildman–Crippen MR) is 77.8 cm³/mol. The Morgan fingerprint density at radius 1 is 1.35 bits per heavy atom. The summed E-state index contributed by atoms with van der Waals surface area (Å²) in [6, 6.07) is 3.99. The van der Waals surface area contributed by atoms with Gasteiger partial charge in [0.15, 0.2) is 0 Å². The summed E-state index contributed by atoms with van der Waals surface area (Å²) in [4.78, 5) is -0.238. The van der Waals surface area contributed by atoms with Crippen LogP contribution in [0.15, 0.2) is 18.2 Å². The van der Waals surface area contributed by atoms with Gasteiger partial charge in [0, 0.05) is 17.8 Å². The van der Waals surface area contributed by atoms with Gasteiger partial charge in [-0.1, -0.05) is 25.1 Å². The van der Waals surface area contributed by atoms with Gasteiger partial charge >= 0.3 is 6.18 Å². The first-order valence-electron chi connectivity index (χ1n) is 6.63. The maximum atomic E-state index is 12.9. The fraction of sp³-hybridized carbons (Fsp3) is 0.500. The highest BCUT2D eigenvalue weighted by Crippen LogP contribution is 2.35. The lowest BCUT2D eigenvalue weighted by atomic mass is 10.1. The SMILES string of the molecule is NC(=S)c1ccc(NCCCC2CC2)cc1C(F)(F)F. The summed E-state index contributed by atoms with van der Waals surface area (Å²) in [5.41, 5.74) is 4.88. The second-order valence-corrected chi connectivity index (χ2v) is 5.57. The average Bonchev–Trinajstić information content (AvgIpc) is 3.17. The number of hydrogen-bond acceptors (Lipinski definition) is 2. The first-order valence-corrected chi connectivity index (χ1v) is 7.03. The molecule has 1 aromatic rings. The molecule has 2 nitrogen and oxygen atoms in total. The third-order valence-electron chi connectivity index (χ3n) is 3.41. The second-order valence-electron chi connectivity index (χ2n) is 5.13. The minimum Gasteiger partial charge on any atom is -0.389 e. The van der Waals surface area contributed by atoms with Crippen LogP contribution in [0.25, 0.3) is 0 Å². The van der Waals surface area contributed by atoms with Crippen molar-refractivity contribution in [2.75, 3.05) is 11.9 Å². The monoisotopic (exact) mass is 302 g/mol. The fourth-order valence-corrected chi connectivity index (χ4v) is 2.31. The van der Waals surface area contributed by atoms with Crippen LogP contribution >= 0.6 is 12.2 Å². The second kappa shape index (κ2) is 5.99.